The zero-order valence-electron chi connectivity index (χ0n) is 15.5. The summed E-state index contributed by atoms with van der Waals surface area (Å²) in [5.74, 6) is 1.42. The molecule has 1 aromatic heterocycles. The number of hydrogen-bond acceptors (Lipinski definition) is 5. The van der Waals surface area contributed by atoms with E-state index in [1.165, 1.54) is 0 Å². The second kappa shape index (κ2) is 7.11. The van der Waals surface area contributed by atoms with E-state index in [0.717, 1.165) is 22.6 Å². The molecular formula is C19H24N4O4. The number of aromatic nitrogens is 2. The number of nitrogens with one attached hydrogen (secondary N) is 1. The number of amides is 2. The van der Waals surface area contributed by atoms with Gasteiger partial charge in [0.2, 0.25) is 6.79 Å². The molecule has 2 aliphatic heterocycles. The lowest BCUT2D eigenvalue weighted by Crippen LogP contribution is -2.49. The molecule has 8 nitrogen and oxygen atoms in total. The van der Waals surface area contributed by atoms with E-state index in [-0.39, 0.29) is 18.7 Å². The molecule has 2 atom stereocenters. The van der Waals surface area contributed by atoms with Gasteiger partial charge in [-0.1, -0.05) is 6.07 Å². The number of aryl methyl sites for hydroxylation is 1. The highest BCUT2D eigenvalue weighted by Gasteiger charge is 2.32. The third-order valence-corrected chi connectivity index (χ3v) is 5.46. The van der Waals surface area contributed by atoms with Gasteiger partial charge < -0.3 is 24.8 Å². The van der Waals surface area contributed by atoms with Gasteiger partial charge in [0.05, 0.1) is 12.3 Å². The molecule has 1 saturated heterocycles. The molecule has 1 fully saturated rings. The van der Waals surface area contributed by atoms with Gasteiger partial charge in [-0.3, -0.25) is 4.68 Å². The molecule has 0 unspecified atom stereocenters. The van der Waals surface area contributed by atoms with Crippen LogP contribution in [0.3, 0.4) is 0 Å². The Kier molecular flexibility index (Phi) is 4.65. The number of aliphatic hydroxyl groups is 1. The lowest BCUT2D eigenvalue weighted by molar-refractivity contribution is 0.0653. The second-order valence-corrected chi connectivity index (χ2v) is 7.06. The molecule has 0 spiro atoms. The van der Waals surface area contributed by atoms with Crippen molar-refractivity contribution in [2.75, 3.05) is 19.9 Å². The van der Waals surface area contributed by atoms with Crippen LogP contribution >= 0.6 is 0 Å². The lowest BCUT2D eigenvalue weighted by atomic mass is 9.87. The number of β-amino-alcohol motifs (C(OH)–C–C–N with tert-alkyl or cyclic N) is 1. The average Bonchev–Trinajstić information content (AvgIpc) is 3.26. The van der Waals surface area contributed by atoms with Gasteiger partial charge in [0.1, 0.15) is 0 Å². The van der Waals surface area contributed by atoms with Gasteiger partial charge in [0.25, 0.3) is 0 Å². The molecule has 8 heteroatoms. The van der Waals surface area contributed by atoms with Crippen molar-refractivity contribution in [2.24, 2.45) is 7.05 Å². The maximum absolute atomic E-state index is 12.5. The van der Waals surface area contributed by atoms with Gasteiger partial charge in [-0.25, -0.2) is 4.79 Å². The monoisotopic (exact) mass is 372 g/mol. The van der Waals surface area contributed by atoms with Crippen LogP contribution in [0.25, 0.3) is 0 Å². The first-order valence-corrected chi connectivity index (χ1v) is 9.11. The largest absolute Gasteiger partial charge is 0.454 e. The third-order valence-electron chi connectivity index (χ3n) is 5.46. The highest BCUT2D eigenvalue weighted by molar-refractivity contribution is 5.74. The van der Waals surface area contributed by atoms with E-state index in [1.807, 2.05) is 32.2 Å². The van der Waals surface area contributed by atoms with Crippen molar-refractivity contribution < 1.29 is 19.4 Å². The second-order valence-electron chi connectivity index (χ2n) is 7.06. The molecule has 0 saturated carbocycles. The average molecular weight is 372 g/mol. The number of urea groups is 1. The zero-order chi connectivity index (χ0) is 19.0. The summed E-state index contributed by atoms with van der Waals surface area (Å²) in [6, 6.07) is 5.60. The van der Waals surface area contributed by atoms with Gasteiger partial charge in [-0.2, -0.15) is 5.10 Å². The highest BCUT2D eigenvalue weighted by Crippen LogP contribution is 2.37. The minimum atomic E-state index is -0.620. The Labute approximate surface area is 157 Å². The molecule has 0 radical (unpaired) electrons. The molecule has 2 aromatic rings. The Hall–Kier alpha value is -2.74. The van der Waals surface area contributed by atoms with E-state index in [4.69, 9.17) is 9.47 Å². The minimum absolute atomic E-state index is 0.0240. The predicted octanol–water partition coefficient (Wildman–Crippen LogP) is 1.52. The summed E-state index contributed by atoms with van der Waals surface area (Å²) in [5.41, 5.74) is 3.02. The molecule has 144 valence electrons. The molecule has 0 bridgehead atoms. The number of hydrogen-bond donors (Lipinski definition) is 2. The summed E-state index contributed by atoms with van der Waals surface area (Å²) >= 11 is 0. The molecule has 2 amide bonds. The molecule has 4 rings (SSSR count). The van der Waals surface area contributed by atoms with Crippen LogP contribution < -0.4 is 14.8 Å². The smallest absolute Gasteiger partial charge is 0.317 e. The Morgan fingerprint density at radius 3 is 2.93 bits per heavy atom. The van der Waals surface area contributed by atoms with Crippen LogP contribution in [0.4, 0.5) is 4.79 Å². The molecule has 1 aromatic carbocycles. The molecule has 27 heavy (non-hydrogen) atoms. The third kappa shape index (κ3) is 3.44. The Morgan fingerprint density at radius 2 is 2.19 bits per heavy atom. The fourth-order valence-corrected chi connectivity index (χ4v) is 3.65. The van der Waals surface area contributed by atoms with E-state index in [9.17, 15) is 9.90 Å². The number of piperidine rings is 1. The maximum atomic E-state index is 12.5. The zero-order valence-corrected chi connectivity index (χ0v) is 15.5. The normalized spacial score (nSPS) is 21.4. The van der Waals surface area contributed by atoms with Crippen molar-refractivity contribution in [1.82, 2.24) is 20.0 Å². The first-order chi connectivity index (χ1) is 13.0. The highest BCUT2D eigenvalue weighted by atomic mass is 16.7. The van der Waals surface area contributed by atoms with Crippen molar-refractivity contribution in [1.29, 1.82) is 0 Å². The van der Waals surface area contributed by atoms with Crippen LogP contribution in [0.5, 0.6) is 11.5 Å². The predicted molar refractivity (Wildman–Crippen MR) is 97.7 cm³/mol. The number of aliphatic hydroxyl groups excluding tert-OH is 1. The number of benzene rings is 1. The van der Waals surface area contributed by atoms with E-state index >= 15 is 0 Å². The summed E-state index contributed by atoms with van der Waals surface area (Å²) in [6.45, 7) is 3.52. The van der Waals surface area contributed by atoms with Gasteiger partial charge in [0.15, 0.2) is 11.5 Å². The Morgan fingerprint density at radius 1 is 1.37 bits per heavy atom. The number of fused-ring (bicyclic) bond motifs is 1. The SMILES string of the molecule is Cc1c(CNC(=O)N2CC[C@@H](c3ccc4c(c3)OCO4)[C@H](O)C2)cnn1C. The summed E-state index contributed by atoms with van der Waals surface area (Å²) < 4.78 is 12.5. The van der Waals surface area contributed by atoms with Crippen LogP contribution in [0.1, 0.15) is 29.2 Å². The standard InChI is InChI=1S/C19H24N4O4/c1-12-14(9-21-22(12)2)8-20-19(25)23-6-5-15(16(24)10-23)13-3-4-17-18(7-13)27-11-26-17/h3-4,7,9,15-16,24H,5-6,8,10-11H2,1-2H3,(H,20,25)/t15-,16+/m0/s1. The van der Waals surface area contributed by atoms with Crippen LogP contribution in [0, 0.1) is 6.92 Å². The Bertz CT molecular complexity index is 850. The number of ether oxygens (including phenoxy) is 2. The summed E-state index contributed by atoms with van der Waals surface area (Å²) in [5, 5.41) is 17.7. The van der Waals surface area contributed by atoms with E-state index < -0.39 is 6.10 Å². The fraction of sp³-hybridized carbons (Fsp3) is 0.474. The van der Waals surface area contributed by atoms with Crippen LogP contribution in [0.15, 0.2) is 24.4 Å². The summed E-state index contributed by atoms with van der Waals surface area (Å²) in [6.07, 6.45) is 1.83. The van der Waals surface area contributed by atoms with E-state index in [1.54, 1.807) is 15.8 Å². The van der Waals surface area contributed by atoms with Crippen molar-refractivity contribution in [2.45, 2.75) is 31.9 Å². The van der Waals surface area contributed by atoms with Crippen LogP contribution in [-0.2, 0) is 13.6 Å². The number of likely N-dealkylation sites (tertiary alicyclic amines) is 1. The number of rotatable bonds is 3. The molecule has 3 heterocycles. The molecular weight excluding hydrogens is 348 g/mol. The number of nitrogens with zero attached hydrogens (tertiary/aromatic N) is 3. The topological polar surface area (TPSA) is 88.9 Å². The molecule has 2 N–H and O–H groups in total. The maximum Gasteiger partial charge on any atom is 0.317 e. The molecule has 0 aliphatic carbocycles. The van der Waals surface area contributed by atoms with Crippen molar-refractivity contribution in [3.8, 4) is 11.5 Å². The van der Waals surface area contributed by atoms with Crippen molar-refractivity contribution in [3.63, 3.8) is 0 Å². The number of carbonyl (C=O) groups excluding carboxylic acids is 1. The minimum Gasteiger partial charge on any atom is -0.454 e. The lowest BCUT2D eigenvalue weighted by Gasteiger charge is -2.36. The molecule has 2 aliphatic rings. The van der Waals surface area contributed by atoms with Gasteiger partial charge in [-0.05, 0) is 31.0 Å². The Balaban J connectivity index is 1.35. The number of carbonyl (C=O) groups is 1. The fourth-order valence-electron chi connectivity index (χ4n) is 3.65. The summed E-state index contributed by atoms with van der Waals surface area (Å²) in [4.78, 5) is 14.1. The van der Waals surface area contributed by atoms with Crippen LogP contribution in [0.2, 0.25) is 0 Å². The van der Waals surface area contributed by atoms with E-state index in [2.05, 4.69) is 10.4 Å². The first kappa shape index (κ1) is 17.7. The van der Waals surface area contributed by atoms with Gasteiger partial charge >= 0.3 is 6.03 Å². The quantitative estimate of drug-likeness (QED) is 0.853. The first-order valence-electron chi connectivity index (χ1n) is 9.11. The van der Waals surface area contributed by atoms with Crippen LogP contribution in [-0.4, -0.2) is 51.8 Å². The van der Waals surface area contributed by atoms with E-state index in [0.29, 0.717) is 31.8 Å². The van der Waals surface area contributed by atoms with Gasteiger partial charge in [-0.15, -0.1) is 0 Å². The van der Waals surface area contributed by atoms with Crippen molar-refractivity contribution >= 4 is 6.03 Å². The van der Waals surface area contributed by atoms with Crippen molar-refractivity contribution in [3.05, 3.63) is 41.2 Å². The summed E-state index contributed by atoms with van der Waals surface area (Å²) in [7, 11) is 1.87. The van der Waals surface area contributed by atoms with Gasteiger partial charge in [0, 0.05) is 43.9 Å².